The van der Waals surface area contributed by atoms with Crippen molar-refractivity contribution in [3.63, 3.8) is 0 Å². The van der Waals surface area contributed by atoms with Crippen LogP contribution in [0.25, 0.3) is 0 Å². The molecule has 1 N–H and O–H groups in total. The second kappa shape index (κ2) is 6.92. The number of likely N-dealkylation sites (N-methyl/N-ethyl adjacent to an activating group) is 1. The number of piperidine rings is 1. The summed E-state index contributed by atoms with van der Waals surface area (Å²) in [5.74, 6) is 0.971. The van der Waals surface area contributed by atoms with E-state index in [4.69, 9.17) is 4.74 Å². The van der Waals surface area contributed by atoms with Crippen molar-refractivity contribution < 1.29 is 4.74 Å². The number of likely N-dealkylation sites (tertiary alicyclic amines) is 1. The lowest BCUT2D eigenvalue weighted by Gasteiger charge is -2.32. The van der Waals surface area contributed by atoms with Crippen molar-refractivity contribution in [3.8, 4) is 5.75 Å². The number of ether oxygens (including phenoxy) is 1. The topological polar surface area (TPSA) is 24.5 Å². The van der Waals surface area contributed by atoms with Crippen LogP contribution >= 0.6 is 0 Å². The first-order chi connectivity index (χ1) is 9.22. The minimum Gasteiger partial charge on any atom is -0.496 e. The molecule has 1 aliphatic heterocycles. The number of nitrogens with zero attached hydrogens (tertiary/aromatic N) is 1. The highest BCUT2D eigenvalue weighted by Gasteiger charge is 2.17. The molecule has 1 saturated heterocycles. The SMILES string of the molecule is CCN1CCCC(NCc2ccc(OC)c(C)c2)C1. The summed E-state index contributed by atoms with van der Waals surface area (Å²) in [7, 11) is 1.72. The minimum atomic E-state index is 0.635. The Kier molecular flexibility index (Phi) is 5.23. The smallest absolute Gasteiger partial charge is 0.121 e. The Morgan fingerprint density at radius 1 is 1.42 bits per heavy atom. The molecule has 1 atom stereocenters. The average molecular weight is 262 g/mol. The summed E-state index contributed by atoms with van der Waals surface area (Å²) in [6.45, 7) is 8.91. The van der Waals surface area contributed by atoms with Gasteiger partial charge in [-0.3, -0.25) is 0 Å². The molecule has 0 radical (unpaired) electrons. The molecule has 3 heteroatoms. The number of methoxy groups -OCH3 is 1. The normalized spacial score (nSPS) is 20.5. The molecule has 1 heterocycles. The van der Waals surface area contributed by atoms with Gasteiger partial charge in [-0.25, -0.2) is 0 Å². The monoisotopic (exact) mass is 262 g/mol. The lowest BCUT2D eigenvalue weighted by Crippen LogP contribution is -2.45. The number of nitrogens with one attached hydrogen (secondary N) is 1. The van der Waals surface area contributed by atoms with Crippen LogP contribution < -0.4 is 10.1 Å². The molecule has 2 rings (SSSR count). The van der Waals surface area contributed by atoms with Gasteiger partial charge in [-0.15, -0.1) is 0 Å². The Bertz CT molecular complexity index is 406. The third kappa shape index (κ3) is 3.95. The molecule has 0 amide bonds. The summed E-state index contributed by atoms with van der Waals surface area (Å²) in [5, 5.41) is 3.68. The van der Waals surface area contributed by atoms with Gasteiger partial charge in [0.1, 0.15) is 5.75 Å². The third-order valence-corrected chi connectivity index (χ3v) is 4.01. The van der Waals surface area contributed by atoms with Crippen LogP contribution in [0.15, 0.2) is 18.2 Å². The van der Waals surface area contributed by atoms with E-state index in [1.165, 1.54) is 43.6 Å². The van der Waals surface area contributed by atoms with Gasteiger partial charge in [-0.1, -0.05) is 19.1 Å². The van der Waals surface area contributed by atoms with Crippen molar-refractivity contribution in [1.29, 1.82) is 0 Å². The van der Waals surface area contributed by atoms with Crippen LogP contribution in [0.4, 0.5) is 0 Å². The van der Waals surface area contributed by atoms with Crippen LogP contribution in [0.3, 0.4) is 0 Å². The molecule has 0 aromatic heterocycles. The number of aryl methyl sites for hydroxylation is 1. The van der Waals surface area contributed by atoms with Gasteiger partial charge in [0.05, 0.1) is 7.11 Å². The van der Waals surface area contributed by atoms with Crippen LogP contribution in [0.2, 0.25) is 0 Å². The Balaban J connectivity index is 1.86. The standard InChI is InChI=1S/C16H26N2O/c1-4-18-9-5-6-15(12-18)17-11-14-7-8-16(19-3)13(2)10-14/h7-8,10,15,17H,4-6,9,11-12H2,1-3H3. The first-order valence-corrected chi connectivity index (χ1v) is 7.32. The number of benzene rings is 1. The van der Waals surface area contributed by atoms with Crippen molar-refractivity contribution in [2.24, 2.45) is 0 Å². The molecule has 1 aromatic rings. The van der Waals surface area contributed by atoms with Gasteiger partial charge in [-0.05, 0) is 50.0 Å². The Morgan fingerprint density at radius 2 is 2.26 bits per heavy atom. The Hall–Kier alpha value is -1.06. The number of hydrogen-bond acceptors (Lipinski definition) is 3. The van der Waals surface area contributed by atoms with E-state index < -0.39 is 0 Å². The quantitative estimate of drug-likeness (QED) is 0.882. The Labute approximate surface area is 116 Å². The zero-order valence-corrected chi connectivity index (χ0v) is 12.4. The number of hydrogen-bond donors (Lipinski definition) is 1. The van der Waals surface area contributed by atoms with Crippen molar-refractivity contribution in [2.45, 2.75) is 39.3 Å². The molecule has 19 heavy (non-hydrogen) atoms. The van der Waals surface area contributed by atoms with Crippen molar-refractivity contribution in [3.05, 3.63) is 29.3 Å². The van der Waals surface area contributed by atoms with Gasteiger partial charge in [0.15, 0.2) is 0 Å². The zero-order chi connectivity index (χ0) is 13.7. The second-order valence-electron chi connectivity index (χ2n) is 5.42. The van der Waals surface area contributed by atoms with Crippen LogP contribution in [-0.4, -0.2) is 37.7 Å². The van der Waals surface area contributed by atoms with Crippen molar-refractivity contribution >= 4 is 0 Å². The molecule has 0 aliphatic carbocycles. The fourth-order valence-corrected chi connectivity index (χ4v) is 2.82. The maximum atomic E-state index is 5.30. The number of rotatable bonds is 5. The fraction of sp³-hybridized carbons (Fsp3) is 0.625. The van der Waals surface area contributed by atoms with E-state index in [0.29, 0.717) is 6.04 Å². The van der Waals surface area contributed by atoms with Gasteiger partial charge in [0.25, 0.3) is 0 Å². The summed E-state index contributed by atoms with van der Waals surface area (Å²) < 4.78 is 5.30. The maximum absolute atomic E-state index is 5.30. The summed E-state index contributed by atoms with van der Waals surface area (Å²) in [6.07, 6.45) is 2.61. The van der Waals surface area contributed by atoms with E-state index >= 15 is 0 Å². The molecule has 1 aliphatic rings. The molecule has 1 aromatic carbocycles. The van der Waals surface area contributed by atoms with Gasteiger partial charge >= 0.3 is 0 Å². The Morgan fingerprint density at radius 3 is 2.95 bits per heavy atom. The molecule has 1 fully saturated rings. The minimum absolute atomic E-state index is 0.635. The highest BCUT2D eigenvalue weighted by atomic mass is 16.5. The molecule has 0 saturated carbocycles. The average Bonchev–Trinajstić information content (AvgIpc) is 2.45. The van der Waals surface area contributed by atoms with E-state index in [1.54, 1.807) is 7.11 Å². The second-order valence-corrected chi connectivity index (χ2v) is 5.42. The molecular weight excluding hydrogens is 236 g/mol. The molecule has 1 unspecified atom stereocenters. The van der Waals surface area contributed by atoms with E-state index in [-0.39, 0.29) is 0 Å². The van der Waals surface area contributed by atoms with E-state index in [0.717, 1.165) is 12.3 Å². The lowest BCUT2D eigenvalue weighted by molar-refractivity contribution is 0.198. The predicted octanol–water partition coefficient (Wildman–Crippen LogP) is 2.58. The van der Waals surface area contributed by atoms with Crippen LogP contribution in [0.5, 0.6) is 5.75 Å². The zero-order valence-electron chi connectivity index (χ0n) is 12.4. The highest BCUT2D eigenvalue weighted by Crippen LogP contribution is 2.18. The highest BCUT2D eigenvalue weighted by molar-refractivity contribution is 5.36. The van der Waals surface area contributed by atoms with Gasteiger partial charge < -0.3 is 15.0 Å². The molecule has 3 nitrogen and oxygen atoms in total. The van der Waals surface area contributed by atoms with E-state index in [9.17, 15) is 0 Å². The van der Waals surface area contributed by atoms with Gasteiger partial charge in [0, 0.05) is 19.1 Å². The molecule has 106 valence electrons. The molecule has 0 bridgehead atoms. The molecule has 0 spiro atoms. The van der Waals surface area contributed by atoms with Crippen LogP contribution in [0.1, 0.15) is 30.9 Å². The van der Waals surface area contributed by atoms with Crippen LogP contribution in [-0.2, 0) is 6.54 Å². The summed E-state index contributed by atoms with van der Waals surface area (Å²) in [5.41, 5.74) is 2.55. The lowest BCUT2D eigenvalue weighted by atomic mass is 10.0. The van der Waals surface area contributed by atoms with Gasteiger partial charge in [-0.2, -0.15) is 0 Å². The maximum Gasteiger partial charge on any atom is 0.121 e. The summed E-state index contributed by atoms with van der Waals surface area (Å²) in [4.78, 5) is 2.53. The van der Waals surface area contributed by atoms with Crippen molar-refractivity contribution in [1.82, 2.24) is 10.2 Å². The first-order valence-electron chi connectivity index (χ1n) is 7.32. The van der Waals surface area contributed by atoms with Crippen molar-refractivity contribution in [2.75, 3.05) is 26.7 Å². The van der Waals surface area contributed by atoms with Crippen LogP contribution in [0, 0.1) is 6.92 Å². The largest absolute Gasteiger partial charge is 0.496 e. The summed E-state index contributed by atoms with van der Waals surface area (Å²) in [6, 6.07) is 7.06. The summed E-state index contributed by atoms with van der Waals surface area (Å²) >= 11 is 0. The van der Waals surface area contributed by atoms with E-state index in [1.807, 2.05) is 0 Å². The van der Waals surface area contributed by atoms with Gasteiger partial charge in [0.2, 0.25) is 0 Å². The molecular formula is C16H26N2O. The fourth-order valence-electron chi connectivity index (χ4n) is 2.82. The van der Waals surface area contributed by atoms with E-state index in [2.05, 4.69) is 42.3 Å². The third-order valence-electron chi connectivity index (χ3n) is 4.01. The first kappa shape index (κ1) is 14.4. The predicted molar refractivity (Wildman–Crippen MR) is 79.7 cm³/mol.